The Labute approximate surface area is 178 Å². The van der Waals surface area contributed by atoms with Crippen LogP contribution >= 0.6 is 0 Å². The molecular formula is C25H30O5. The summed E-state index contributed by atoms with van der Waals surface area (Å²) in [5.74, 6) is 3.11. The zero-order valence-corrected chi connectivity index (χ0v) is 18.4. The number of benzene rings is 3. The number of hydrogen-bond donors (Lipinski definition) is 0. The molecule has 3 aromatic rings. The van der Waals surface area contributed by atoms with E-state index in [-0.39, 0.29) is 0 Å². The van der Waals surface area contributed by atoms with Gasteiger partial charge in [-0.3, -0.25) is 0 Å². The van der Waals surface area contributed by atoms with Gasteiger partial charge in [-0.1, -0.05) is 44.2 Å². The number of rotatable bonds is 10. The Morgan fingerprint density at radius 1 is 0.733 bits per heavy atom. The molecule has 0 aliphatic rings. The van der Waals surface area contributed by atoms with Gasteiger partial charge in [0.05, 0.1) is 33.3 Å². The van der Waals surface area contributed by atoms with Crippen LogP contribution in [-0.4, -0.2) is 27.9 Å². The van der Waals surface area contributed by atoms with E-state index in [2.05, 4.69) is 19.9 Å². The van der Waals surface area contributed by atoms with E-state index in [1.165, 1.54) is 0 Å². The standard InChI is InChI=1S/C25H30O5/c1-17(2)14-29-15-19-11-20-24(21(12-19)26-3)22(13-23(27-4)25(20)28-5)30-16-18-9-7-6-8-10-18/h6-13,17H,14-16H2,1-5H3. The topological polar surface area (TPSA) is 46.2 Å². The number of methoxy groups -OCH3 is 3. The highest BCUT2D eigenvalue weighted by atomic mass is 16.5. The summed E-state index contributed by atoms with van der Waals surface area (Å²) in [6.45, 7) is 5.89. The molecule has 0 unspecified atom stereocenters. The van der Waals surface area contributed by atoms with Gasteiger partial charge in [0, 0.05) is 18.1 Å². The van der Waals surface area contributed by atoms with E-state index in [1.54, 1.807) is 21.3 Å². The van der Waals surface area contributed by atoms with E-state index in [1.807, 2.05) is 42.5 Å². The van der Waals surface area contributed by atoms with E-state index in [0.29, 0.717) is 48.7 Å². The van der Waals surface area contributed by atoms with Crippen LogP contribution in [0.25, 0.3) is 10.8 Å². The smallest absolute Gasteiger partial charge is 0.168 e. The average Bonchev–Trinajstić information content (AvgIpc) is 2.76. The van der Waals surface area contributed by atoms with Crippen LogP contribution in [-0.2, 0) is 18.0 Å². The largest absolute Gasteiger partial charge is 0.496 e. The van der Waals surface area contributed by atoms with Gasteiger partial charge in [0.2, 0.25) is 0 Å². The first-order valence-corrected chi connectivity index (χ1v) is 10.1. The van der Waals surface area contributed by atoms with Crippen LogP contribution in [0.1, 0.15) is 25.0 Å². The van der Waals surface area contributed by atoms with Crippen LogP contribution in [0.5, 0.6) is 23.0 Å². The van der Waals surface area contributed by atoms with E-state index in [9.17, 15) is 0 Å². The van der Waals surface area contributed by atoms with E-state index >= 15 is 0 Å². The summed E-state index contributed by atoms with van der Waals surface area (Å²) in [7, 11) is 4.92. The molecule has 0 N–H and O–H groups in total. The molecule has 160 valence electrons. The van der Waals surface area contributed by atoms with Crippen LogP contribution in [0.3, 0.4) is 0 Å². The van der Waals surface area contributed by atoms with Gasteiger partial charge in [-0.15, -0.1) is 0 Å². The Hall–Kier alpha value is -2.92. The third kappa shape index (κ3) is 4.97. The Bertz CT molecular complexity index is 966. The van der Waals surface area contributed by atoms with Gasteiger partial charge in [-0.05, 0) is 29.2 Å². The molecule has 0 amide bonds. The molecule has 0 aliphatic heterocycles. The highest BCUT2D eigenvalue weighted by molar-refractivity contribution is 6.00. The van der Waals surface area contributed by atoms with Crippen molar-refractivity contribution in [3.63, 3.8) is 0 Å². The first-order valence-electron chi connectivity index (χ1n) is 10.1. The normalized spacial score (nSPS) is 11.0. The van der Waals surface area contributed by atoms with Gasteiger partial charge in [0.15, 0.2) is 11.5 Å². The van der Waals surface area contributed by atoms with Crippen LogP contribution in [0.15, 0.2) is 48.5 Å². The maximum atomic E-state index is 6.20. The predicted molar refractivity (Wildman–Crippen MR) is 119 cm³/mol. The minimum Gasteiger partial charge on any atom is -0.496 e. The zero-order valence-electron chi connectivity index (χ0n) is 18.4. The quantitative estimate of drug-likeness (QED) is 0.434. The molecule has 0 heterocycles. The molecule has 0 saturated heterocycles. The van der Waals surface area contributed by atoms with Crippen molar-refractivity contribution in [3.05, 3.63) is 59.7 Å². The van der Waals surface area contributed by atoms with Gasteiger partial charge in [-0.25, -0.2) is 0 Å². The second-order valence-corrected chi connectivity index (χ2v) is 7.51. The predicted octanol–water partition coefficient (Wildman–Crippen LogP) is 5.62. The van der Waals surface area contributed by atoms with Crippen LogP contribution in [0.4, 0.5) is 0 Å². The first kappa shape index (κ1) is 21.8. The molecule has 5 heteroatoms. The molecule has 5 nitrogen and oxygen atoms in total. The Kier molecular flexibility index (Phi) is 7.41. The van der Waals surface area contributed by atoms with E-state index in [4.69, 9.17) is 23.7 Å². The summed E-state index contributed by atoms with van der Waals surface area (Å²) in [6.07, 6.45) is 0. The maximum Gasteiger partial charge on any atom is 0.168 e. The van der Waals surface area contributed by atoms with Gasteiger partial charge < -0.3 is 23.7 Å². The lowest BCUT2D eigenvalue weighted by molar-refractivity contribution is 0.0970. The fourth-order valence-electron chi connectivity index (χ4n) is 3.36. The molecule has 3 aromatic carbocycles. The van der Waals surface area contributed by atoms with E-state index in [0.717, 1.165) is 21.9 Å². The van der Waals surface area contributed by atoms with Crippen molar-refractivity contribution in [1.82, 2.24) is 0 Å². The fourth-order valence-corrected chi connectivity index (χ4v) is 3.36. The first-order chi connectivity index (χ1) is 14.6. The molecule has 0 aromatic heterocycles. The molecule has 30 heavy (non-hydrogen) atoms. The molecule has 0 atom stereocenters. The Balaban J connectivity index is 2.06. The van der Waals surface area contributed by atoms with Crippen LogP contribution < -0.4 is 18.9 Å². The van der Waals surface area contributed by atoms with Gasteiger partial charge in [-0.2, -0.15) is 0 Å². The second kappa shape index (κ2) is 10.2. The second-order valence-electron chi connectivity index (χ2n) is 7.51. The minimum absolute atomic E-state index is 0.438. The van der Waals surface area contributed by atoms with Crippen molar-refractivity contribution >= 4 is 10.8 Å². The lowest BCUT2D eigenvalue weighted by Crippen LogP contribution is -2.03. The molecule has 0 saturated carbocycles. The van der Waals surface area contributed by atoms with Crippen LogP contribution in [0, 0.1) is 5.92 Å². The molecular weight excluding hydrogens is 380 g/mol. The number of hydrogen-bond acceptors (Lipinski definition) is 5. The zero-order chi connectivity index (χ0) is 21.5. The van der Waals surface area contributed by atoms with Crippen molar-refractivity contribution in [2.75, 3.05) is 27.9 Å². The van der Waals surface area contributed by atoms with Crippen molar-refractivity contribution in [1.29, 1.82) is 0 Å². The highest BCUT2D eigenvalue weighted by Crippen LogP contribution is 2.46. The summed E-state index contributed by atoms with van der Waals surface area (Å²) in [5.41, 5.74) is 2.08. The van der Waals surface area contributed by atoms with Crippen molar-refractivity contribution in [2.24, 2.45) is 5.92 Å². The van der Waals surface area contributed by atoms with Gasteiger partial charge in [0.25, 0.3) is 0 Å². The van der Waals surface area contributed by atoms with Gasteiger partial charge >= 0.3 is 0 Å². The molecule has 3 rings (SSSR count). The van der Waals surface area contributed by atoms with Crippen molar-refractivity contribution in [3.8, 4) is 23.0 Å². The summed E-state index contributed by atoms with van der Waals surface area (Å²) in [5, 5.41) is 1.71. The summed E-state index contributed by atoms with van der Waals surface area (Å²) >= 11 is 0. The molecule has 0 fully saturated rings. The van der Waals surface area contributed by atoms with Crippen LogP contribution in [0.2, 0.25) is 0 Å². The molecule has 0 aliphatic carbocycles. The fraction of sp³-hybridized carbons (Fsp3) is 0.360. The Morgan fingerprint density at radius 3 is 2.10 bits per heavy atom. The summed E-state index contributed by atoms with van der Waals surface area (Å²) in [6, 6.07) is 15.9. The lowest BCUT2D eigenvalue weighted by atomic mass is 10.0. The molecule has 0 radical (unpaired) electrons. The maximum absolute atomic E-state index is 6.20. The van der Waals surface area contributed by atoms with E-state index < -0.39 is 0 Å². The monoisotopic (exact) mass is 410 g/mol. The highest BCUT2D eigenvalue weighted by Gasteiger charge is 2.19. The number of ether oxygens (including phenoxy) is 5. The molecule has 0 bridgehead atoms. The SMILES string of the molecule is COc1cc(OCc2ccccc2)c2c(OC)cc(COCC(C)C)cc2c1OC. The lowest BCUT2D eigenvalue weighted by Gasteiger charge is -2.19. The number of fused-ring (bicyclic) bond motifs is 1. The third-order valence-corrected chi connectivity index (χ3v) is 4.74. The van der Waals surface area contributed by atoms with Crippen molar-refractivity contribution < 1.29 is 23.7 Å². The Morgan fingerprint density at radius 2 is 1.47 bits per heavy atom. The average molecular weight is 411 g/mol. The summed E-state index contributed by atoms with van der Waals surface area (Å²) in [4.78, 5) is 0. The van der Waals surface area contributed by atoms with Crippen molar-refractivity contribution in [2.45, 2.75) is 27.1 Å². The minimum atomic E-state index is 0.438. The third-order valence-electron chi connectivity index (χ3n) is 4.74. The summed E-state index contributed by atoms with van der Waals surface area (Å²) < 4.78 is 29.0. The molecule has 0 spiro atoms. The van der Waals surface area contributed by atoms with Gasteiger partial charge in [0.1, 0.15) is 18.1 Å².